The predicted molar refractivity (Wildman–Crippen MR) is 153 cm³/mol. The minimum Gasteiger partial charge on any atom is -0.454 e. The molecule has 0 bridgehead atoms. The highest BCUT2D eigenvalue weighted by atomic mass is 32.1. The van der Waals surface area contributed by atoms with Gasteiger partial charge in [-0.15, -0.1) is 11.3 Å². The zero-order valence-electron chi connectivity index (χ0n) is 22.1. The van der Waals surface area contributed by atoms with Gasteiger partial charge >= 0.3 is 0 Å². The molecule has 40 heavy (non-hydrogen) atoms. The summed E-state index contributed by atoms with van der Waals surface area (Å²) in [6.07, 6.45) is 0.895. The first-order valence-electron chi connectivity index (χ1n) is 13.5. The summed E-state index contributed by atoms with van der Waals surface area (Å²) in [5.41, 5.74) is 2.32. The third-order valence-corrected chi connectivity index (χ3v) is 8.25. The number of nitrogens with zero attached hydrogens (tertiary/aromatic N) is 3. The molecule has 4 heterocycles. The van der Waals surface area contributed by atoms with E-state index in [1.54, 1.807) is 24.3 Å². The molecule has 3 aromatic rings. The monoisotopic (exact) mass is 561 g/mol. The minimum absolute atomic E-state index is 0.0406. The van der Waals surface area contributed by atoms with E-state index in [0.29, 0.717) is 67.6 Å². The molecule has 2 N–H and O–H groups in total. The van der Waals surface area contributed by atoms with E-state index in [2.05, 4.69) is 15.5 Å². The number of carbonyl (C=O) groups is 3. The summed E-state index contributed by atoms with van der Waals surface area (Å²) in [6, 6.07) is 14.3. The molecule has 2 saturated heterocycles. The fraction of sp³-hybridized carbons (Fsp3) is 0.345. The number of thiophene rings is 1. The van der Waals surface area contributed by atoms with Gasteiger partial charge in [0.2, 0.25) is 6.79 Å². The lowest BCUT2D eigenvalue weighted by atomic mass is 10.1. The second-order valence-corrected chi connectivity index (χ2v) is 10.9. The Labute approximate surface area is 236 Å². The van der Waals surface area contributed by atoms with Crippen LogP contribution in [0.2, 0.25) is 0 Å². The van der Waals surface area contributed by atoms with Crippen LogP contribution < -0.4 is 25.0 Å². The fourth-order valence-corrected chi connectivity index (χ4v) is 5.91. The lowest BCUT2D eigenvalue weighted by Gasteiger charge is -2.37. The van der Waals surface area contributed by atoms with Crippen LogP contribution in [-0.2, 0) is 0 Å². The van der Waals surface area contributed by atoms with E-state index in [1.165, 1.54) is 11.3 Å². The topological polar surface area (TPSA) is 103 Å². The summed E-state index contributed by atoms with van der Waals surface area (Å²) in [5, 5.41) is 8.27. The van der Waals surface area contributed by atoms with E-state index in [-0.39, 0.29) is 24.5 Å². The predicted octanol–water partition coefficient (Wildman–Crippen LogP) is 3.13. The molecular formula is C29H31N5O5S. The number of fused-ring (bicyclic) bond motifs is 1. The van der Waals surface area contributed by atoms with Crippen LogP contribution in [0.4, 0.5) is 11.4 Å². The first-order chi connectivity index (χ1) is 19.6. The van der Waals surface area contributed by atoms with Crippen molar-refractivity contribution in [3.05, 3.63) is 69.9 Å². The van der Waals surface area contributed by atoms with Crippen molar-refractivity contribution in [1.29, 1.82) is 0 Å². The quantitative estimate of drug-likeness (QED) is 0.494. The Kier molecular flexibility index (Phi) is 7.56. The van der Waals surface area contributed by atoms with Gasteiger partial charge < -0.3 is 34.8 Å². The summed E-state index contributed by atoms with van der Waals surface area (Å²) in [4.78, 5) is 46.2. The van der Waals surface area contributed by atoms with E-state index in [4.69, 9.17) is 9.47 Å². The van der Waals surface area contributed by atoms with Crippen molar-refractivity contribution < 1.29 is 23.9 Å². The molecule has 0 saturated carbocycles. The lowest BCUT2D eigenvalue weighted by Crippen LogP contribution is -2.48. The zero-order valence-corrected chi connectivity index (χ0v) is 22.9. The highest BCUT2D eigenvalue weighted by Crippen LogP contribution is 2.34. The molecule has 0 radical (unpaired) electrons. The highest BCUT2D eigenvalue weighted by molar-refractivity contribution is 7.12. The van der Waals surface area contributed by atoms with Crippen LogP contribution in [-0.4, -0.2) is 86.7 Å². The van der Waals surface area contributed by atoms with Gasteiger partial charge in [-0.1, -0.05) is 6.07 Å². The number of piperazine rings is 1. The Morgan fingerprint density at radius 1 is 0.800 bits per heavy atom. The molecule has 208 valence electrons. The summed E-state index contributed by atoms with van der Waals surface area (Å²) < 4.78 is 10.8. The van der Waals surface area contributed by atoms with Crippen molar-refractivity contribution in [2.75, 3.05) is 69.4 Å². The molecule has 0 unspecified atom stereocenters. The van der Waals surface area contributed by atoms with Crippen LogP contribution in [0.15, 0.2) is 53.9 Å². The Hall–Kier alpha value is -4.09. The minimum atomic E-state index is -0.311. The number of anilines is 2. The van der Waals surface area contributed by atoms with Gasteiger partial charge in [-0.05, 0) is 60.8 Å². The highest BCUT2D eigenvalue weighted by Gasteiger charge is 2.26. The molecular weight excluding hydrogens is 530 g/mol. The molecule has 11 heteroatoms. The molecule has 0 spiro atoms. The Bertz CT molecular complexity index is 1400. The van der Waals surface area contributed by atoms with Gasteiger partial charge in [-0.25, -0.2) is 0 Å². The van der Waals surface area contributed by atoms with E-state index in [9.17, 15) is 14.4 Å². The number of benzene rings is 2. The maximum atomic E-state index is 13.4. The average molecular weight is 562 g/mol. The van der Waals surface area contributed by atoms with E-state index >= 15 is 0 Å². The SMILES string of the molecule is O=C(Nc1cc(C(=O)N2CCCNCC2)ccc1N1CCN(C(=O)c2cccs2)CC1)c1ccc2c(c1)OCO2. The molecule has 2 fully saturated rings. The number of hydrogen-bond donors (Lipinski definition) is 2. The van der Waals surface area contributed by atoms with Crippen molar-refractivity contribution in [2.24, 2.45) is 0 Å². The van der Waals surface area contributed by atoms with E-state index < -0.39 is 0 Å². The van der Waals surface area contributed by atoms with Crippen molar-refractivity contribution in [3.8, 4) is 11.5 Å². The van der Waals surface area contributed by atoms with Gasteiger partial charge in [0.1, 0.15) is 0 Å². The van der Waals surface area contributed by atoms with Crippen molar-refractivity contribution in [1.82, 2.24) is 15.1 Å². The normalized spacial score (nSPS) is 16.9. The Morgan fingerprint density at radius 2 is 1.60 bits per heavy atom. The van der Waals surface area contributed by atoms with Crippen LogP contribution in [0, 0.1) is 0 Å². The smallest absolute Gasteiger partial charge is 0.264 e. The summed E-state index contributed by atoms with van der Waals surface area (Å²) in [7, 11) is 0. The van der Waals surface area contributed by atoms with Gasteiger partial charge in [0.05, 0.1) is 16.3 Å². The van der Waals surface area contributed by atoms with Gasteiger partial charge in [-0.2, -0.15) is 0 Å². The molecule has 3 aliphatic heterocycles. The first-order valence-corrected chi connectivity index (χ1v) is 14.4. The van der Waals surface area contributed by atoms with Crippen LogP contribution in [0.3, 0.4) is 0 Å². The fourth-order valence-electron chi connectivity index (χ4n) is 5.22. The number of nitrogens with one attached hydrogen (secondary N) is 2. The molecule has 0 atom stereocenters. The molecule has 10 nitrogen and oxygen atoms in total. The zero-order chi connectivity index (χ0) is 27.5. The van der Waals surface area contributed by atoms with Crippen LogP contribution in [0.25, 0.3) is 0 Å². The maximum Gasteiger partial charge on any atom is 0.264 e. The van der Waals surface area contributed by atoms with Crippen molar-refractivity contribution in [3.63, 3.8) is 0 Å². The van der Waals surface area contributed by atoms with Crippen LogP contribution >= 0.6 is 11.3 Å². The number of carbonyl (C=O) groups excluding carboxylic acids is 3. The summed E-state index contributed by atoms with van der Waals surface area (Å²) in [6.45, 7) is 5.44. The molecule has 3 amide bonds. The molecule has 6 rings (SSSR count). The van der Waals surface area contributed by atoms with E-state index in [0.717, 1.165) is 30.1 Å². The molecule has 1 aromatic heterocycles. The third kappa shape index (κ3) is 5.47. The molecule has 3 aliphatic rings. The maximum absolute atomic E-state index is 13.4. The van der Waals surface area contributed by atoms with Gasteiger partial charge in [-0.3, -0.25) is 14.4 Å². The van der Waals surface area contributed by atoms with Crippen LogP contribution in [0.5, 0.6) is 11.5 Å². The number of ether oxygens (including phenoxy) is 2. The summed E-state index contributed by atoms with van der Waals surface area (Å²) in [5.74, 6) is 0.804. The Morgan fingerprint density at radius 3 is 2.42 bits per heavy atom. The van der Waals surface area contributed by atoms with Crippen molar-refractivity contribution in [2.45, 2.75) is 6.42 Å². The Balaban J connectivity index is 1.24. The molecule has 0 aliphatic carbocycles. The average Bonchev–Trinajstić information content (AvgIpc) is 3.63. The summed E-state index contributed by atoms with van der Waals surface area (Å²) >= 11 is 1.44. The number of rotatable bonds is 5. The third-order valence-electron chi connectivity index (χ3n) is 7.39. The number of hydrogen-bond acceptors (Lipinski definition) is 8. The molecule has 2 aromatic carbocycles. The largest absolute Gasteiger partial charge is 0.454 e. The van der Waals surface area contributed by atoms with Gasteiger partial charge in [0.15, 0.2) is 11.5 Å². The van der Waals surface area contributed by atoms with E-state index in [1.807, 2.05) is 39.4 Å². The number of amides is 3. The first kappa shape index (κ1) is 26.1. The lowest BCUT2D eigenvalue weighted by molar-refractivity contribution is 0.0748. The van der Waals surface area contributed by atoms with Gasteiger partial charge in [0, 0.05) is 56.9 Å². The second-order valence-electron chi connectivity index (χ2n) is 9.91. The standard InChI is InChI=1S/C29H31N5O5S/c35-27(20-5-7-24-25(18-20)39-19-38-24)31-22-17-21(28(36)33-10-2-8-30-9-11-33)4-6-23(22)32-12-14-34(15-13-32)29(37)26-3-1-16-40-26/h1,3-7,16-18,30H,2,8-15,19H2,(H,31,35). The van der Waals surface area contributed by atoms with Crippen molar-refractivity contribution >= 4 is 40.4 Å². The van der Waals surface area contributed by atoms with Gasteiger partial charge in [0.25, 0.3) is 17.7 Å². The second kappa shape index (κ2) is 11.6. The van der Waals surface area contributed by atoms with Crippen LogP contribution in [0.1, 0.15) is 36.8 Å².